The van der Waals surface area contributed by atoms with Gasteiger partial charge in [-0.3, -0.25) is 9.59 Å². The van der Waals surface area contributed by atoms with Gasteiger partial charge in [0.1, 0.15) is 5.75 Å². The second-order valence-electron chi connectivity index (χ2n) is 3.38. The van der Waals surface area contributed by atoms with Crippen molar-refractivity contribution in [3.05, 3.63) is 29.8 Å². The average molecular weight is 236 g/mol. The quantitative estimate of drug-likeness (QED) is 0.414. The van der Waals surface area contributed by atoms with Crippen molar-refractivity contribution in [2.24, 2.45) is 0 Å². The maximum absolute atomic E-state index is 11.4. The van der Waals surface area contributed by atoms with E-state index in [0.29, 0.717) is 30.6 Å². The molecule has 0 spiro atoms. The number of benzene rings is 1. The van der Waals surface area contributed by atoms with Crippen LogP contribution in [-0.4, -0.2) is 25.0 Å². The van der Waals surface area contributed by atoms with Crippen LogP contribution in [0.1, 0.15) is 30.6 Å². The highest BCUT2D eigenvalue weighted by atomic mass is 16.7. The van der Waals surface area contributed by atoms with Gasteiger partial charge in [0.25, 0.3) is 6.29 Å². The minimum atomic E-state index is -0.896. The van der Waals surface area contributed by atoms with Crippen LogP contribution in [0.25, 0.3) is 0 Å². The molecule has 4 nitrogen and oxygen atoms in total. The summed E-state index contributed by atoms with van der Waals surface area (Å²) in [7, 11) is 0. The Balaban J connectivity index is 2.67. The smallest absolute Gasteiger partial charge is 0.256 e. The fraction of sp³-hybridized carbons (Fsp3) is 0.385. The highest BCUT2D eigenvalue weighted by Gasteiger charge is 2.09. The van der Waals surface area contributed by atoms with Crippen LogP contribution in [0.15, 0.2) is 24.3 Å². The van der Waals surface area contributed by atoms with E-state index < -0.39 is 6.29 Å². The van der Waals surface area contributed by atoms with Gasteiger partial charge in [0.05, 0.1) is 0 Å². The molecule has 0 N–H and O–H groups in total. The molecule has 0 amide bonds. The summed E-state index contributed by atoms with van der Waals surface area (Å²) in [4.78, 5) is 22.0. The van der Waals surface area contributed by atoms with Gasteiger partial charge < -0.3 is 9.47 Å². The molecule has 1 aromatic carbocycles. The summed E-state index contributed by atoms with van der Waals surface area (Å²) in [5, 5.41) is 0. The van der Waals surface area contributed by atoms with E-state index in [0.717, 1.165) is 0 Å². The third-order valence-corrected chi connectivity index (χ3v) is 2.19. The van der Waals surface area contributed by atoms with E-state index in [9.17, 15) is 9.59 Å². The van der Waals surface area contributed by atoms with Crippen molar-refractivity contribution in [3.8, 4) is 5.75 Å². The lowest BCUT2D eigenvalue weighted by Crippen LogP contribution is -2.21. The Bertz CT molecular complexity index is 370. The van der Waals surface area contributed by atoms with Crippen molar-refractivity contribution in [3.63, 3.8) is 0 Å². The Morgan fingerprint density at radius 1 is 1.29 bits per heavy atom. The first-order valence-electron chi connectivity index (χ1n) is 5.58. The van der Waals surface area contributed by atoms with Crippen molar-refractivity contribution >= 4 is 12.1 Å². The maximum atomic E-state index is 11.4. The van der Waals surface area contributed by atoms with Crippen LogP contribution in [0.5, 0.6) is 5.75 Å². The van der Waals surface area contributed by atoms with E-state index >= 15 is 0 Å². The largest absolute Gasteiger partial charge is 0.458 e. The number of aldehydes is 1. The zero-order chi connectivity index (χ0) is 12.7. The van der Waals surface area contributed by atoms with E-state index in [2.05, 4.69) is 0 Å². The Morgan fingerprint density at radius 3 is 2.41 bits per heavy atom. The maximum Gasteiger partial charge on any atom is 0.256 e. The van der Waals surface area contributed by atoms with Crippen LogP contribution in [-0.2, 0) is 9.53 Å². The molecule has 1 aromatic rings. The van der Waals surface area contributed by atoms with Crippen LogP contribution in [0, 0.1) is 0 Å². The minimum absolute atomic E-state index is 0.0771. The van der Waals surface area contributed by atoms with E-state index in [1.54, 1.807) is 31.2 Å². The number of carbonyl (C=O) groups excluding carboxylic acids is 2. The van der Waals surface area contributed by atoms with Crippen LogP contribution in [0.2, 0.25) is 0 Å². The summed E-state index contributed by atoms with van der Waals surface area (Å²) in [5.74, 6) is 0.580. The minimum Gasteiger partial charge on any atom is -0.458 e. The lowest BCUT2D eigenvalue weighted by Gasteiger charge is -2.13. The van der Waals surface area contributed by atoms with Gasteiger partial charge in [-0.15, -0.1) is 0 Å². The number of rotatable bonds is 7. The molecule has 0 heterocycles. The Hall–Kier alpha value is -1.68. The van der Waals surface area contributed by atoms with Crippen molar-refractivity contribution < 1.29 is 19.1 Å². The van der Waals surface area contributed by atoms with Gasteiger partial charge in [-0.1, -0.05) is 6.92 Å². The molecule has 92 valence electrons. The number of hydrogen-bond donors (Lipinski definition) is 0. The molecule has 1 atom stereocenters. The SMILES string of the molecule is CCOC(C=O)Oc1ccc(C(=O)CC)cc1. The molecule has 0 saturated carbocycles. The Labute approximate surface area is 101 Å². The Morgan fingerprint density at radius 2 is 1.94 bits per heavy atom. The number of carbonyl (C=O) groups is 2. The first-order chi connectivity index (χ1) is 8.21. The van der Waals surface area contributed by atoms with Gasteiger partial charge in [-0.25, -0.2) is 0 Å². The molecule has 0 aliphatic rings. The summed E-state index contributed by atoms with van der Waals surface area (Å²) in [6.45, 7) is 3.99. The van der Waals surface area contributed by atoms with Gasteiger partial charge in [0, 0.05) is 18.6 Å². The normalized spacial score (nSPS) is 11.9. The number of ether oxygens (including phenoxy) is 2. The lowest BCUT2D eigenvalue weighted by molar-refractivity contribution is -0.136. The molecule has 0 fully saturated rings. The highest BCUT2D eigenvalue weighted by molar-refractivity contribution is 5.95. The molecular weight excluding hydrogens is 220 g/mol. The van der Waals surface area contributed by atoms with E-state index in [4.69, 9.17) is 9.47 Å². The van der Waals surface area contributed by atoms with Gasteiger partial charge in [-0.2, -0.15) is 0 Å². The molecule has 0 bridgehead atoms. The van der Waals surface area contributed by atoms with Gasteiger partial charge in [-0.05, 0) is 31.2 Å². The summed E-state index contributed by atoms with van der Waals surface area (Å²) >= 11 is 0. The van der Waals surface area contributed by atoms with Crippen LogP contribution in [0.4, 0.5) is 0 Å². The molecule has 0 saturated heterocycles. The molecule has 0 aliphatic heterocycles. The van der Waals surface area contributed by atoms with Crippen LogP contribution < -0.4 is 4.74 Å². The van der Waals surface area contributed by atoms with Gasteiger partial charge >= 0.3 is 0 Å². The average Bonchev–Trinajstić information content (AvgIpc) is 2.38. The predicted octanol–water partition coefficient (Wildman–Crippen LogP) is 2.22. The van der Waals surface area contributed by atoms with Crippen LogP contribution >= 0.6 is 0 Å². The fourth-order valence-corrected chi connectivity index (χ4v) is 1.32. The molecule has 0 aliphatic carbocycles. The molecular formula is C13H16O4. The summed E-state index contributed by atoms with van der Waals surface area (Å²) in [6.07, 6.45) is 0.165. The topological polar surface area (TPSA) is 52.6 Å². The van der Waals surface area contributed by atoms with E-state index in [1.807, 2.05) is 6.92 Å². The van der Waals surface area contributed by atoms with Crippen molar-refractivity contribution in [2.75, 3.05) is 6.61 Å². The van der Waals surface area contributed by atoms with Gasteiger partial charge in [0.15, 0.2) is 12.1 Å². The molecule has 1 rings (SSSR count). The highest BCUT2D eigenvalue weighted by Crippen LogP contribution is 2.14. The van der Waals surface area contributed by atoms with Crippen molar-refractivity contribution in [1.82, 2.24) is 0 Å². The lowest BCUT2D eigenvalue weighted by atomic mass is 10.1. The molecule has 17 heavy (non-hydrogen) atoms. The number of Topliss-reactive ketones (excluding diaryl/α,β-unsaturated/α-hetero) is 1. The second kappa shape index (κ2) is 6.81. The van der Waals surface area contributed by atoms with Crippen LogP contribution in [0.3, 0.4) is 0 Å². The van der Waals surface area contributed by atoms with E-state index in [-0.39, 0.29) is 5.78 Å². The first kappa shape index (κ1) is 13.4. The Kier molecular flexibility index (Phi) is 5.36. The van der Waals surface area contributed by atoms with Crippen molar-refractivity contribution in [2.45, 2.75) is 26.6 Å². The summed E-state index contributed by atoms with van der Waals surface area (Å²) in [5.41, 5.74) is 0.638. The third kappa shape index (κ3) is 4.00. The van der Waals surface area contributed by atoms with Crippen molar-refractivity contribution in [1.29, 1.82) is 0 Å². The molecule has 1 unspecified atom stereocenters. The molecule has 4 heteroatoms. The first-order valence-corrected chi connectivity index (χ1v) is 5.58. The second-order valence-corrected chi connectivity index (χ2v) is 3.38. The zero-order valence-electron chi connectivity index (χ0n) is 10.0. The number of ketones is 1. The predicted molar refractivity (Wildman–Crippen MR) is 63.2 cm³/mol. The zero-order valence-corrected chi connectivity index (χ0v) is 10.0. The van der Waals surface area contributed by atoms with E-state index in [1.165, 1.54) is 0 Å². The molecule has 0 radical (unpaired) electrons. The monoisotopic (exact) mass is 236 g/mol. The van der Waals surface area contributed by atoms with Gasteiger partial charge in [0.2, 0.25) is 0 Å². The molecule has 0 aromatic heterocycles. The standard InChI is InChI=1S/C13H16O4/c1-3-12(15)10-5-7-11(8-6-10)17-13(9-14)16-4-2/h5-9,13H,3-4H2,1-2H3. The third-order valence-electron chi connectivity index (χ3n) is 2.19. The fourth-order valence-electron chi connectivity index (χ4n) is 1.32. The number of hydrogen-bond acceptors (Lipinski definition) is 4. The summed E-state index contributed by atoms with van der Waals surface area (Å²) in [6, 6.07) is 6.65. The summed E-state index contributed by atoms with van der Waals surface area (Å²) < 4.78 is 10.3.